The molecule has 6 heteroatoms. The predicted octanol–water partition coefficient (Wildman–Crippen LogP) is 4.31. The summed E-state index contributed by atoms with van der Waals surface area (Å²) in [5.41, 5.74) is 8.76. The number of carbonyl (C=O) groups excluding carboxylic acids is 1. The Morgan fingerprint density at radius 1 is 1.04 bits per heavy atom. The fourth-order valence-electron chi connectivity index (χ4n) is 3.44. The van der Waals surface area contributed by atoms with Gasteiger partial charge in [-0.1, -0.05) is 36.4 Å². The number of rotatable bonds is 5. The van der Waals surface area contributed by atoms with Crippen LogP contribution in [-0.2, 0) is 19.5 Å². The van der Waals surface area contributed by atoms with Gasteiger partial charge in [-0.25, -0.2) is 13.6 Å². The smallest absolute Gasteiger partial charge is 0.326 e. The number of piperidine rings is 1. The molecule has 2 amide bonds. The maximum absolute atomic E-state index is 13.0. The Balaban J connectivity index is 1.47. The van der Waals surface area contributed by atoms with Crippen LogP contribution in [0.2, 0.25) is 0 Å². The van der Waals surface area contributed by atoms with E-state index >= 15 is 0 Å². The van der Waals surface area contributed by atoms with Crippen LogP contribution in [0.1, 0.15) is 29.5 Å². The van der Waals surface area contributed by atoms with Gasteiger partial charge in [0.2, 0.25) is 0 Å². The fraction of sp³-hybridized carbons (Fsp3) is 0.381. The molecule has 0 spiro atoms. The van der Waals surface area contributed by atoms with Gasteiger partial charge in [0.05, 0.1) is 6.54 Å². The Labute approximate surface area is 164 Å². The molecule has 27 heavy (non-hydrogen) atoms. The number of nitrogens with zero attached hydrogens (tertiary/aromatic N) is 2. The molecule has 0 bridgehead atoms. The van der Waals surface area contributed by atoms with Gasteiger partial charge in [0.15, 0.2) is 0 Å². The summed E-state index contributed by atoms with van der Waals surface area (Å²) in [6, 6.07) is 14.3. The second kappa shape index (κ2) is 9.20. The van der Waals surface area contributed by atoms with Crippen LogP contribution >= 0.6 is 11.8 Å². The number of hydrogen-bond donors (Lipinski definition) is 1. The van der Waals surface area contributed by atoms with E-state index in [-0.39, 0.29) is 11.8 Å². The molecule has 2 aromatic rings. The lowest BCUT2D eigenvalue weighted by molar-refractivity contribution is 0.153. The van der Waals surface area contributed by atoms with Crippen LogP contribution in [0.15, 0.2) is 48.5 Å². The van der Waals surface area contributed by atoms with E-state index in [0.717, 1.165) is 36.0 Å². The summed E-state index contributed by atoms with van der Waals surface area (Å²) in [7, 11) is 0. The molecule has 2 N–H and O–H groups in total. The zero-order valence-corrected chi connectivity index (χ0v) is 16.0. The summed E-state index contributed by atoms with van der Waals surface area (Å²) in [6.07, 6.45) is 2.78. The molecule has 4 nitrogen and oxygen atoms in total. The van der Waals surface area contributed by atoms with Crippen molar-refractivity contribution >= 4 is 17.8 Å². The SMILES string of the molecule is NCc1ccc(CN(Cl)C(=O)N2CCC(Cc3ccc(F)cc3)CC2)cc1. The number of amides is 2. The highest BCUT2D eigenvalue weighted by molar-refractivity contribution is 6.20. The summed E-state index contributed by atoms with van der Waals surface area (Å²) in [5.74, 6) is 0.297. The average Bonchev–Trinajstić information content (AvgIpc) is 2.70. The van der Waals surface area contributed by atoms with Crippen LogP contribution < -0.4 is 5.73 Å². The Morgan fingerprint density at radius 2 is 1.59 bits per heavy atom. The third-order valence-corrected chi connectivity index (χ3v) is 5.37. The second-order valence-electron chi connectivity index (χ2n) is 7.08. The number of urea groups is 1. The normalized spacial score (nSPS) is 15.0. The summed E-state index contributed by atoms with van der Waals surface area (Å²) < 4.78 is 14.3. The van der Waals surface area contributed by atoms with E-state index in [0.29, 0.717) is 32.1 Å². The quantitative estimate of drug-likeness (QED) is 0.774. The van der Waals surface area contributed by atoms with E-state index in [1.807, 2.05) is 41.3 Å². The highest BCUT2D eigenvalue weighted by atomic mass is 35.5. The molecule has 0 aromatic heterocycles. The van der Waals surface area contributed by atoms with Gasteiger partial charge in [-0.2, -0.15) is 0 Å². The molecular formula is C21H25ClFN3O. The molecule has 1 heterocycles. The van der Waals surface area contributed by atoms with Gasteiger partial charge < -0.3 is 10.6 Å². The average molecular weight is 390 g/mol. The standard InChI is InChI=1S/C21H25ClFN3O/c22-26(15-19-3-1-18(14-24)2-4-19)21(27)25-11-9-17(10-12-25)13-16-5-7-20(23)8-6-16/h1-8,17H,9-15,24H2. The minimum absolute atomic E-state index is 0.153. The molecule has 0 atom stereocenters. The number of hydrogen-bond acceptors (Lipinski definition) is 2. The molecule has 0 unspecified atom stereocenters. The van der Waals surface area contributed by atoms with Crippen LogP contribution in [0.4, 0.5) is 9.18 Å². The van der Waals surface area contributed by atoms with Gasteiger partial charge in [-0.05, 0) is 54.0 Å². The molecule has 2 aromatic carbocycles. The van der Waals surface area contributed by atoms with Crippen LogP contribution in [0.3, 0.4) is 0 Å². The lowest BCUT2D eigenvalue weighted by atomic mass is 9.90. The minimum Gasteiger partial charge on any atom is -0.326 e. The van der Waals surface area contributed by atoms with Crippen LogP contribution in [0, 0.1) is 11.7 Å². The predicted molar refractivity (Wildman–Crippen MR) is 106 cm³/mol. The summed E-state index contributed by atoms with van der Waals surface area (Å²) in [6.45, 7) is 2.25. The van der Waals surface area contributed by atoms with E-state index in [1.54, 1.807) is 0 Å². The lowest BCUT2D eigenvalue weighted by Gasteiger charge is -2.33. The van der Waals surface area contributed by atoms with Crippen LogP contribution in [0.5, 0.6) is 0 Å². The van der Waals surface area contributed by atoms with Crippen molar-refractivity contribution in [3.05, 3.63) is 71.0 Å². The minimum atomic E-state index is -0.209. The zero-order valence-electron chi connectivity index (χ0n) is 15.3. The van der Waals surface area contributed by atoms with Crippen molar-refractivity contribution in [2.75, 3.05) is 13.1 Å². The third-order valence-electron chi connectivity index (χ3n) is 5.11. The monoisotopic (exact) mass is 389 g/mol. The second-order valence-corrected chi connectivity index (χ2v) is 7.49. The number of halogens is 2. The lowest BCUT2D eigenvalue weighted by Crippen LogP contribution is -2.43. The first-order valence-electron chi connectivity index (χ1n) is 9.29. The Bertz CT molecular complexity index is 743. The van der Waals surface area contributed by atoms with Gasteiger partial charge in [-0.3, -0.25) is 0 Å². The highest BCUT2D eigenvalue weighted by Crippen LogP contribution is 2.23. The molecule has 3 rings (SSSR count). The van der Waals surface area contributed by atoms with Crippen molar-refractivity contribution in [1.29, 1.82) is 0 Å². The summed E-state index contributed by atoms with van der Waals surface area (Å²) in [5, 5.41) is 0. The van der Waals surface area contributed by atoms with Gasteiger partial charge >= 0.3 is 6.03 Å². The molecule has 1 fully saturated rings. The molecular weight excluding hydrogens is 365 g/mol. The zero-order chi connectivity index (χ0) is 19.2. The Morgan fingerprint density at radius 3 is 2.19 bits per heavy atom. The maximum atomic E-state index is 13.0. The number of likely N-dealkylation sites (tertiary alicyclic amines) is 1. The topological polar surface area (TPSA) is 49.6 Å². The first-order chi connectivity index (χ1) is 13.0. The van der Waals surface area contributed by atoms with Crippen molar-refractivity contribution in [2.24, 2.45) is 11.7 Å². The van der Waals surface area contributed by atoms with Gasteiger partial charge in [0, 0.05) is 31.4 Å². The van der Waals surface area contributed by atoms with Crippen molar-refractivity contribution in [2.45, 2.75) is 32.4 Å². The van der Waals surface area contributed by atoms with Crippen molar-refractivity contribution in [3.63, 3.8) is 0 Å². The molecule has 0 radical (unpaired) electrons. The van der Waals surface area contributed by atoms with Gasteiger partial charge in [-0.15, -0.1) is 0 Å². The summed E-state index contributed by atoms with van der Waals surface area (Å²) in [4.78, 5) is 14.4. The van der Waals surface area contributed by atoms with E-state index in [2.05, 4.69) is 0 Å². The fourth-order valence-corrected chi connectivity index (χ4v) is 3.69. The number of benzene rings is 2. The Hall–Kier alpha value is -2.11. The van der Waals surface area contributed by atoms with Crippen molar-refractivity contribution < 1.29 is 9.18 Å². The van der Waals surface area contributed by atoms with E-state index in [1.165, 1.54) is 16.6 Å². The van der Waals surface area contributed by atoms with E-state index < -0.39 is 0 Å². The molecule has 1 saturated heterocycles. The summed E-state index contributed by atoms with van der Waals surface area (Å²) >= 11 is 6.24. The molecule has 0 saturated carbocycles. The van der Waals surface area contributed by atoms with Crippen LogP contribution in [0.25, 0.3) is 0 Å². The van der Waals surface area contributed by atoms with Crippen molar-refractivity contribution in [1.82, 2.24) is 9.32 Å². The van der Waals surface area contributed by atoms with Crippen molar-refractivity contribution in [3.8, 4) is 0 Å². The van der Waals surface area contributed by atoms with E-state index in [9.17, 15) is 9.18 Å². The highest BCUT2D eigenvalue weighted by Gasteiger charge is 2.26. The van der Waals surface area contributed by atoms with Gasteiger partial charge in [0.1, 0.15) is 5.82 Å². The molecule has 1 aliphatic heterocycles. The van der Waals surface area contributed by atoms with E-state index in [4.69, 9.17) is 17.5 Å². The first kappa shape index (κ1) is 19.6. The van der Waals surface area contributed by atoms with Gasteiger partial charge in [0.25, 0.3) is 0 Å². The third kappa shape index (κ3) is 5.44. The largest absolute Gasteiger partial charge is 0.334 e. The Kier molecular flexibility index (Phi) is 6.69. The van der Waals surface area contributed by atoms with Crippen LogP contribution in [-0.4, -0.2) is 28.4 Å². The maximum Gasteiger partial charge on any atom is 0.334 e. The molecule has 144 valence electrons. The number of carbonyl (C=O) groups is 1. The molecule has 0 aliphatic carbocycles. The molecule has 1 aliphatic rings. The first-order valence-corrected chi connectivity index (χ1v) is 9.63. The number of nitrogens with two attached hydrogens (primary N) is 1.